The molecule has 0 aliphatic rings. The van der Waals surface area contributed by atoms with Gasteiger partial charge in [0, 0.05) is 18.7 Å². The van der Waals surface area contributed by atoms with Crippen LogP contribution in [-0.2, 0) is 11.2 Å². The third-order valence-electron chi connectivity index (χ3n) is 2.01. The molecule has 4 heteroatoms. The number of amides is 1. The van der Waals surface area contributed by atoms with Crippen LogP contribution < -0.4 is 11.1 Å². The van der Waals surface area contributed by atoms with Crippen molar-refractivity contribution >= 4 is 24.0 Å². The molecule has 0 heterocycles. The van der Waals surface area contributed by atoms with E-state index in [-0.39, 0.29) is 18.3 Å². The lowest BCUT2D eigenvalue weighted by molar-refractivity contribution is -0.120. The molecule has 0 unspecified atom stereocenters. The average Bonchev–Trinajstić information content (AvgIpc) is 2.17. The normalized spacial score (nSPS) is 9.13. The highest BCUT2D eigenvalue weighted by Gasteiger charge is 1.96. The van der Waals surface area contributed by atoms with Gasteiger partial charge in [-0.05, 0) is 24.1 Å². The summed E-state index contributed by atoms with van der Waals surface area (Å²) >= 11 is 0. The van der Waals surface area contributed by atoms with Crippen molar-refractivity contribution in [3.8, 4) is 0 Å². The van der Waals surface area contributed by atoms with Gasteiger partial charge in [-0.3, -0.25) is 4.79 Å². The van der Waals surface area contributed by atoms with Crippen molar-refractivity contribution in [3.05, 3.63) is 29.8 Å². The molecule has 0 bridgehead atoms. The maximum Gasteiger partial charge on any atom is 0.219 e. The van der Waals surface area contributed by atoms with E-state index in [1.807, 2.05) is 31.2 Å². The molecule has 15 heavy (non-hydrogen) atoms. The molecule has 84 valence electrons. The summed E-state index contributed by atoms with van der Waals surface area (Å²) in [6, 6.07) is 7.72. The number of carbonyl (C=O) groups excluding carboxylic acids is 1. The van der Waals surface area contributed by atoms with Crippen molar-refractivity contribution in [1.29, 1.82) is 0 Å². The largest absolute Gasteiger partial charge is 0.399 e. The van der Waals surface area contributed by atoms with Crippen LogP contribution in [0.4, 0.5) is 5.69 Å². The van der Waals surface area contributed by atoms with E-state index >= 15 is 0 Å². The van der Waals surface area contributed by atoms with Gasteiger partial charge in [-0.15, -0.1) is 12.4 Å². The lowest BCUT2D eigenvalue weighted by Crippen LogP contribution is -2.24. The SMILES string of the molecule is CCC(=O)NCCc1cccc(N)c1.Cl. The summed E-state index contributed by atoms with van der Waals surface area (Å²) in [7, 11) is 0. The first kappa shape index (κ1) is 13.8. The minimum Gasteiger partial charge on any atom is -0.399 e. The molecule has 1 rings (SSSR count). The number of nitrogen functional groups attached to an aromatic ring is 1. The number of hydrogen-bond acceptors (Lipinski definition) is 2. The van der Waals surface area contributed by atoms with Gasteiger partial charge >= 0.3 is 0 Å². The highest BCUT2D eigenvalue weighted by molar-refractivity contribution is 5.85. The summed E-state index contributed by atoms with van der Waals surface area (Å²) in [6.45, 7) is 2.52. The van der Waals surface area contributed by atoms with Crippen molar-refractivity contribution in [2.24, 2.45) is 0 Å². The van der Waals surface area contributed by atoms with Gasteiger partial charge in [-0.1, -0.05) is 19.1 Å². The molecule has 0 radical (unpaired) electrons. The van der Waals surface area contributed by atoms with Crippen LogP contribution in [0.5, 0.6) is 0 Å². The molecule has 1 amide bonds. The van der Waals surface area contributed by atoms with Crippen molar-refractivity contribution < 1.29 is 4.79 Å². The van der Waals surface area contributed by atoms with Gasteiger partial charge in [0.1, 0.15) is 0 Å². The zero-order valence-electron chi connectivity index (χ0n) is 8.82. The maximum atomic E-state index is 10.9. The predicted molar refractivity (Wildman–Crippen MR) is 65.1 cm³/mol. The number of benzene rings is 1. The second kappa shape index (κ2) is 7.12. The first-order chi connectivity index (χ1) is 6.72. The van der Waals surface area contributed by atoms with Crippen molar-refractivity contribution in [1.82, 2.24) is 5.32 Å². The summed E-state index contributed by atoms with van der Waals surface area (Å²) in [5.74, 6) is 0.0916. The second-order valence-electron chi connectivity index (χ2n) is 3.20. The molecule has 1 aromatic carbocycles. The summed E-state index contributed by atoms with van der Waals surface area (Å²) < 4.78 is 0. The zero-order chi connectivity index (χ0) is 10.4. The topological polar surface area (TPSA) is 55.1 Å². The van der Waals surface area contributed by atoms with E-state index in [0.29, 0.717) is 13.0 Å². The van der Waals surface area contributed by atoms with Crippen LogP contribution in [0.3, 0.4) is 0 Å². The molecule has 0 fully saturated rings. The Kier molecular flexibility index (Phi) is 6.54. The smallest absolute Gasteiger partial charge is 0.219 e. The number of nitrogens with two attached hydrogens (primary N) is 1. The average molecular weight is 229 g/mol. The van der Waals surface area contributed by atoms with E-state index in [0.717, 1.165) is 17.7 Å². The molecule has 3 nitrogen and oxygen atoms in total. The number of carbonyl (C=O) groups is 1. The number of halogens is 1. The van der Waals surface area contributed by atoms with Gasteiger partial charge in [0.05, 0.1) is 0 Å². The Morgan fingerprint density at radius 2 is 2.20 bits per heavy atom. The Balaban J connectivity index is 0.00000196. The van der Waals surface area contributed by atoms with Gasteiger partial charge in [0.2, 0.25) is 5.91 Å². The molecule has 1 aromatic rings. The number of hydrogen-bond donors (Lipinski definition) is 2. The first-order valence-corrected chi connectivity index (χ1v) is 4.83. The van der Waals surface area contributed by atoms with Crippen LogP contribution in [-0.4, -0.2) is 12.5 Å². The molecular weight excluding hydrogens is 212 g/mol. The van der Waals surface area contributed by atoms with Crippen LogP contribution in [0.2, 0.25) is 0 Å². The van der Waals surface area contributed by atoms with Gasteiger partial charge in [-0.25, -0.2) is 0 Å². The quantitative estimate of drug-likeness (QED) is 0.772. The van der Waals surface area contributed by atoms with Crippen molar-refractivity contribution in [2.45, 2.75) is 19.8 Å². The molecule has 0 saturated heterocycles. The van der Waals surface area contributed by atoms with E-state index < -0.39 is 0 Å². The van der Waals surface area contributed by atoms with E-state index in [2.05, 4.69) is 5.32 Å². The Morgan fingerprint density at radius 3 is 2.80 bits per heavy atom. The monoisotopic (exact) mass is 228 g/mol. The Labute approximate surface area is 96.5 Å². The Bertz CT molecular complexity index is 315. The van der Waals surface area contributed by atoms with Crippen molar-refractivity contribution in [2.75, 3.05) is 12.3 Å². The number of nitrogens with one attached hydrogen (secondary N) is 1. The number of rotatable bonds is 4. The van der Waals surface area contributed by atoms with Crippen LogP contribution in [0.25, 0.3) is 0 Å². The van der Waals surface area contributed by atoms with E-state index in [1.54, 1.807) is 0 Å². The highest BCUT2D eigenvalue weighted by atomic mass is 35.5. The highest BCUT2D eigenvalue weighted by Crippen LogP contribution is 2.06. The van der Waals surface area contributed by atoms with Gasteiger partial charge in [-0.2, -0.15) is 0 Å². The molecular formula is C11H17ClN2O. The third-order valence-corrected chi connectivity index (χ3v) is 2.01. The summed E-state index contributed by atoms with van der Waals surface area (Å²) in [4.78, 5) is 10.9. The lowest BCUT2D eigenvalue weighted by atomic mass is 10.1. The van der Waals surface area contributed by atoms with E-state index in [1.165, 1.54) is 0 Å². The van der Waals surface area contributed by atoms with Crippen molar-refractivity contribution in [3.63, 3.8) is 0 Å². The van der Waals surface area contributed by atoms with Crippen LogP contribution >= 0.6 is 12.4 Å². The standard InChI is InChI=1S/C11H16N2O.ClH/c1-2-11(14)13-7-6-9-4-3-5-10(12)8-9;/h3-5,8H,2,6-7,12H2,1H3,(H,13,14);1H. The molecule has 3 N–H and O–H groups in total. The van der Waals surface area contributed by atoms with Crippen LogP contribution in [0.1, 0.15) is 18.9 Å². The molecule has 0 aromatic heterocycles. The fourth-order valence-corrected chi connectivity index (χ4v) is 1.22. The Morgan fingerprint density at radius 1 is 1.47 bits per heavy atom. The van der Waals surface area contributed by atoms with E-state index in [9.17, 15) is 4.79 Å². The molecule has 0 saturated carbocycles. The number of anilines is 1. The maximum absolute atomic E-state index is 10.9. The van der Waals surface area contributed by atoms with Crippen LogP contribution in [0.15, 0.2) is 24.3 Å². The predicted octanol–water partition coefficient (Wildman–Crippen LogP) is 1.76. The van der Waals surface area contributed by atoms with Gasteiger partial charge in [0.25, 0.3) is 0 Å². The molecule has 0 atom stereocenters. The van der Waals surface area contributed by atoms with Gasteiger partial charge in [0.15, 0.2) is 0 Å². The first-order valence-electron chi connectivity index (χ1n) is 4.83. The molecule has 0 aliphatic heterocycles. The molecule has 0 aliphatic carbocycles. The van der Waals surface area contributed by atoms with Gasteiger partial charge < -0.3 is 11.1 Å². The summed E-state index contributed by atoms with van der Waals surface area (Å²) in [6.07, 6.45) is 1.37. The van der Waals surface area contributed by atoms with E-state index in [4.69, 9.17) is 5.73 Å². The third kappa shape index (κ3) is 5.27. The fraction of sp³-hybridized carbons (Fsp3) is 0.364. The minimum atomic E-state index is 0. The fourth-order valence-electron chi connectivity index (χ4n) is 1.22. The second-order valence-corrected chi connectivity index (χ2v) is 3.20. The zero-order valence-corrected chi connectivity index (χ0v) is 9.64. The lowest BCUT2D eigenvalue weighted by Gasteiger charge is -2.04. The summed E-state index contributed by atoms with van der Waals surface area (Å²) in [5, 5.41) is 2.82. The Hall–Kier alpha value is -1.22. The minimum absolute atomic E-state index is 0. The molecule has 0 spiro atoms. The summed E-state index contributed by atoms with van der Waals surface area (Å²) in [5.41, 5.74) is 7.55. The van der Waals surface area contributed by atoms with Crippen LogP contribution in [0, 0.1) is 0 Å².